The topological polar surface area (TPSA) is 72.4 Å². The fourth-order valence-electron chi connectivity index (χ4n) is 1.52. The number of aromatic nitrogens is 1. The number of carbonyl (C=O) groups is 1. The second-order valence-corrected chi connectivity index (χ2v) is 3.74. The zero-order valence-electron chi connectivity index (χ0n) is 9.21. The molecule has 2 aromatic rings. The molecule has 0 atom stereocenters. The predicted molar refractivity (Wildman–Crippen MR) is 60.2 cm³/mol. The minimum atomic E-state index is -1.12. The summed E-state index contributed by atoms with van der Waals surface area (Å²) in [7, 11) is 0. The van der Waals surface area contributed by atoms with Crippen molar-refractivity contribution in [2.45, 2.75) is 13.5 Å². The van der Waals surface area contributed by atoms with Gasteiger partial charge in [-0.15, -0.1) is 0 Å². The van der Waals surface area contributed by atoms with Crippen LogP contribution < -0.4 is 5.56 Å². The first-order chi connectivity index (χ1) is 8.06. The van der Waals surface area contributed by atoms with Crippen molar-refractivity contribution < 1.29 is 14.3 Å². The zero-order valence-corrected chi connectivity index (χ0v) is 9.21. The third-order valence-electron chi connectivity index (χ3n) is 2.33. The lowest BCUT2D eigenvalue weighted by molar-refractivity contribution is 0.0660. The molecule has 0 radical (unpaired) electrons. The highest BCUT2D eigenvalue weighted by Crippen LogP contribution is 2.09. The van der Waals surface area contributed by atoms with Gasteiger partial charge >= 0.3 is 5.97 Å². The average Bonchev–Trinajstić information content (AvgIpc) is 2.72. The number of hydrogen-bond donors (Lipinski definition) is 1. The largest absolute Gasteiger partial charge is 0.475 e. The molecule has 2 heterocycles. The van der Waals surface area contributed by atoms with E-state index in [-0.39, 0.29) is 17.9 Å². The van der Waals surface area contributed by atoms with E-state index < -0.39 is 5.97 Å². The van der Waals surface area contributed by atoms with Crippen LogP contribution >= 0.6 is 0 Å². The maximum absolute atomic E-state index is 11.5. The number of carboxylic acid groups (broad SMARTS) is 1. The highest BCUT2D eigenvalue weighted by molar-refractivity contribution is 5.84. The summed E-state index contributed by atoms with van der Waals surface area (Å²) < 4.78 is 6.56. The van der Waals surface area contributed by atoms with Crippen molar-refractivity contribution in [2.24, 2.45) is 0 Å². The Morgan fingerprint density at radius 3 is 2.76 bits per heavy atom. The number of aromatic carboxylic acids is 1. The lowest BCUT2D eigenvalue weighted by Crippen LogP contribution is -2.18. The van der Waals surface area contributed by atoms with Crippen LogP contribution in [0, 0.1) is 6.92 Å². The maximum Gasteiger partial charge on any atom is 0.371 e. The lowest BCUT2D eigenvalue weighted by atomic mass is 10.3. The molecule has 2 rings (SSSR count). The third kappa shape index (κ3) is 2.44. The average molecular weight is 233 g/mol. The first-order valence-corrected chi connectivity index (χ1v) is 5.05. The zero-order chi connectivity index (χ0) is 12.4. The van der Waals surface area contributed by atoms with Crippen LogP contribution in [0.4, 0.5) is 0 Å². The van der Waals surface area contributed by atoms with Gasteiger partial charge in [0, 0.05) is 12.3 Å². The van der Waals surface area contributed by atoms with Crippen molar-refractivity contribution in [2.75, 3.05) is 0 Å². The molecule has 5 heteroatoms. The molecule has 0 fully saturated rings. The molecule has 0 aliphatic carbocycles. The number of pyridine rings is 1. The van der Waals surface area contributed by atoms with E-state index in [9.17, 15) is 9.59 Å². The summed E-state index contributed by atoms with van der Waals surface area (Å²) in [5, 5.41) is 8.70. The molecular formula is C12H11NO4. The second-order valence-electron chi connectivity index (χ2n) is 3.74. The van der Waals surface area contributed by atoms with E-state index in [1.165, 1.54) is 16.7 Å². The molecule has 0 aliphatic rings. The van der Waals surface area contributed by atoms with Crippen LogP contribution in [0.3, 0.4) is 0 Å². The molecule has 0 aliphatic heterocycles. The van der Waals surface area contributed by atoms with Gasteiger partial charge in [0.25, 0.3) is 5.56 Å². The van der Waals surface area contributed by atoms with Crippen molar-refractivity contribution in [3.8, 4) is 0 Å². The molecule has 2 aromatic heterocycles. The maximum atomic E-state index is 11.5. The summed E-state index contributed by atoms with van der Waals surface area (Å²) in [6.07, 6.45) is 1.70. The quantitative estimate of drug-likeness (QED) is 0.871. The van der Waals surface area contributed by atoms with E-state index in [1.807, 2.05) is 6.92 Å². The minimum Gasteiger partial charge on any atom is -0.475 e. The van der Waals surface area contributed by atoms with E-state index in [0.717, 1.165) is 5.56 Å². The summed E-state index contributed by atoms with van der Waals surface area (Å²) in [4.78, 5) is 22.1. The second kappa shape index (κ2) is 4.29. The van der Waals surface area contributed by atoms with Gasteiger partial charge in [-0.3, -0.25) is 4.79 Å². The summed E-state index contributed by atoms with van der Waals surface area (Å²) in [5.74, 6) is -0.802. The van der Waals surface area contributed by atoms with Crippen LogP contribution in [0.2, 0.25) is 0 Å². The van der Waals surface area contributed by atoms with Gasteiger partial charge in [0.1, 0.15) is 5.76 Å². The number of aryl methyl sites for hydroxylation is 1. The Morgan fingerprint density at radius 2 is 2.12 bits per heavy atom. The number of hydrogen-bond acceptors (Lipinski definition) is 3. The Kier molecular flexibility index (Phi) is 2.82. The fraction of sp³-hybridized carbons (Fsp3) is 0.167. The summed E-state index contributed by atoms with van der Waals surface area (Å²) in [6, 6.07) is 6.12. The van der Waals surface area contributed by atoms with Gasteiger partial charge in [0.15, 0.2) is 0 Å². The Bertz CT molecular complexity index is 609. The molecular weight excluding hydrogens is 222 g/mol. The van der Waals surface area contributed by atoms with Crippen LogP contribution in [-0.2, 0) is 6.54 Å². The van der Waals surface area contributed by atoms with Crippen LogP contribution in [0.5, 0.6) is 0 Å². The molecule has 0 aromatic carbocycles. The summed E-state index contributed by atoms with van der Waals surface area (Å²) in [6.45, 7) is 2.11. The Morgan fingerprint density at radius 1 is 1.35 bits per heavy atom. The minimum absolute atomic E-state index is 0.124. The highest BCUT2D eigenvalue weighted by Gasteiger charge is 2.09. The molecule has 0 saturated carbocycles. The van der Waals surface area contributed by atoms with Gasteiger partial charge in [-0.1, -0.05) is 6.07 Å². The van der Waals surface area contributed by atoms with Crippen molar-refractivity contribution >= 4 is 5.97 Å². The molecule has 88 valence electrons. The van der Waals surface area contributed by atoms with Crippen molar-refractivity contribution in [3.05, 3.63) is 57.9 Å². The molecule has 5 nitrogen and oxygen atoms in total. The molecule has 1 N–H and O–H groups in total. The molecule has 0 unspecified atom stereocenters. The molecule has 0 amide bonds. The van der Waals surface area contributed by atoms with Crippen molar-refractivity contribution in [1.82, 2.24) is 4.57 Å². The standard InChI is InChI=1S/C12H11NO4/c1-8-2-5-11(14)13(6-8)7-9-3-4-10(17-9)12(15)16/h2-6H,7H2,1H3,(H,15,16). The molecule has 0 bridgehead atoms. The van der Waals surface area contributed by atoms with Gasteiger partial charge in [-0.2, -0.15) is 0 Å². The van der Waals surface area contributed by atoms with Gasteiger partial charge in [-0.25, -0.2) is 4.79 Å². The molecule has 0 saturated heterocycles. The smallest absolute Gasteiger partial charge is 0.371 e. The SMILES string of the molecule is Cc1ccc(=O)n(Cc2ccc(C(=O)O)o2)c1. The van der Waals surface area contributed by atoms with Crippen LogP contribution in [0.25, 0.3) is 0 Å². The number of carboxylic acids is 1. The number of furan rings is 1. The van der Waals surface area contributed by atoms with E-state index in [2.05, 4.69) is 0 Å². The highest BCUT2D eigenvalue weighted by atomic mass is 16.4. The summed E-state index contributed by atoms with van der Waals surface area (Å²) in [5.41, 5.74) is 0.804. The van der Waals surface area contributed by atoms with E-state index in [1.54, 1.807) is 18.3 Å². The van der Waals surface area contributed by atoms with Gasteiger partial charge in [-0.05, 0) is 24.6 Å². The Labute approximate surface area is 96.9 Å². The first-order valence-electron chi connectivity index (χ1n) is 5.05. The molecule has 17 heavy (non-hydrogen) atoms. The van der Waals surface area contributed by atoms with Crippen molar-refractivity contribution in [1.29, 1.82) is 0 Å². The number of nitrogens with zero attached hydrogens (tertiary/aromatic N) is 1. The van der Waals surface area contributed by atoms with E-state index >= 15 is 0 Å². The molecule has 0 spiro atoms. The van der Waals surface area contributed by atoms with Crippen LogP contribution in [0.15, 0.2) is 39.7 Å². The Hall–Kier alpha value is -2.30. The van der Waals surface area contributed by atoms with E-state index in [0.29, 0.717) is 5.76 Å². The normalized spacial score (nSPS) is 10.4. The lowest BCUT2D eigenvalue weighted by Gasteiger charge is -2.03. The van der Waals surface area contributed by atoms with Gasteiger partial charge < -0.3 is 14.1 Å². The third-order valence-corrected chi connectivity index (χ3v) is 2.33. The Balaban J connectivity index is 2.28. The summed E-state index contributed by atoms with van der Waals surface area (Å²) >= 11 is 0. The number of rotatable bonds is 3. The van der Waals surface area contributed by atoms with Gasteiger partial charge in [0.05, 0.1) is 6.54 Å². The van der Waals surface area contributed by atoms with Crippen molar-refractivity contribution in [3.63, 3.8) is 0 Å². The first kappa shape index (κ1) is 11.2. The van der Waals surface area contributed by atoms with Gasteiger partial charge in [0.2, 0.25) is 5.76 Å². The van der Waals surface area contributed by atoms with Crippen LogP contribution in [-0.4, -0.2) is 15.6 Å². The van der Waals surface area contributed by atoms with Crippen LogP contribution in [0.1, 0.15) is 21.9 Å². The fourth-order valence-corrected chi connectivity index (χ4v) is 1.52. The van der Waals surface area contributed by atoms with E-state index in [4.69, 9.17) is 9.52 Å². The monoisotopic (exact) mass is 233 g/mol. The predicted octanol–water partition coefficient (Wildman–Crippen LogP) is 1.50.